The lowest BCUT2D eigenvalue weighted by molar-refractivity contribution is -0.125. The van der Waals surface area contributed by atoms with E-state index in [0.29, 0.717) is 13.0 Å². The van der Waals surface area contributed by atoms with Gasteiger partial charge in [0.2, 0.25) is 5.91 Å². The fourth-order valence-corrected chi connectivity index (χ4v) is 1.62. The van der Waals surface area contributed by atoms with E-state index in [1.807, 2.05) is 0 Å². The maximum atomic E-state index is 11.5. The van der Waals surface area contributed by atoms with Crippen LogP contribution in [-0.4, -0.2) is 36.8 Å². The lowest BCUT2D eigenvalue weighted by Gasteiger charge is -2.21. The molecular weight excluding hydrogens is 180 g/mol. The van der Waals surface area contributed by atoms with Crippen LogP contribution < -0.4 is 10.6 Å². The number of hydrogen-bond donors (Lipinski definition) is 3. The average Bonchev–Trinajstić information content (AvgIpc) is 2.18. The molecule has 1 heterocycles. The highest BCUT2D eigenvalue weighted by Crippen LogP contribution is 2.09. The van der Waals surface area contributed by atoms with Gasteiger partial charge in [0.05, 0.1) is 12.0 Å². The Balaban J connectivity index is 2.13. The summed E-state index contributed by atoms with van der Waals surface area (Å²) in [4.78, 5) is 11.5. The van der Waals surface area contributed by atoms with Gasteiger partial charge in [-0.05, 0) is 32.7 Å². The Morgan fingerprint density at radius 2 is 2.50 bits per heavy atom. The second kappa shape index (κ2) is 5.98. The van der Waals surface area contributed by atoms with Crippen molar-refractivity contribution in [1.82, 2.24) is 10.6 Å². The molecule has 0 aromatic carbocycles. The van der Waals surface area contributed by atoms with Gasteiger partial charge in [-0.3, -0.25) is 4.79 Å². The van der Waals surface area contributed by atoms with Crippen molar-refractivity contribution in [2.45, 2.75) is 32.3 Å². The summed E-state index contributed by atoms with van der Waals surface area (Å²) in [6.07, 6.45) is 2.35. The third-order valence-corrected chi connectivity index (χ3v) is 2.53. The Labute approximate surface area is 85.1 Å². The van der Waals surface area contributed by atoms with Crippen molar-refractivity contribution >= 4 is 5.91 Å². The third kappa shape index (κ3) is 4.07. The topological polar surface area (TPSA) is 61.4 Å². The van der Waals surface area contributed by atoms with Crippen molar-refractivity contribution in [2.24, 2.45) is 5.92 Å². The molecule has 0 spiro atoms. The molecule has 1 aliphatic rings. The van der Waals surface area contributed by atoms with E-state index in [4.69, 9.17) is 5.11 Å². The molecule has 2 atom stereocenters. The fraction of sp³-hybridized carbons (Fsp3) is 0.900. The lowest BCUT2D eigenvalue weighted by Crippen LogP contribution is -2.41. The van der Waals surface area contributed by atoms with E-state index in [0.717, 1.165) is 25.9 Å². The summed E-state index contributed by atoms with van der Waals surface area (Å²) in [7, 11) is 0. The van der Waals surface area contributed by atoms with Gasteiger partial charge in [-0.15, -0.1) is 0 Å². The molecule has 0 aliphatic carbocycles. The van der Waals surface area contributed by atoms with Gasteiger partial charge in [0.25, 0.3) is 0 Å². The highest BCUT2D eigenvalue weighted by Gasteiger charge is 2.20. The summed E-state index contributed by atoms with van der Waals surface area (Å²) in [6, 6.07) is 0. The van der Waals surface area contributed by atoms with Gasteiger partial charge in [0.15, 0.2) is 0 Å². The van der Waals surface area contributed by atoms with E-state index in [2.05, 4.69) is 10.6 Å². The molecule has 1 unspecified atom stereocenters. The van der Waals surface area contributed by atoms with Gasteiger partial charge >= 0.3 is 0 Å². The van der Waals surface area contributed by atoms with E-state index >= 15 is 0 Å². The van der Waals surface area contributed by atoms with Gasteiger partial charge in [-0.1, -0.05) is 0 Å². The van der Waals surface area contributed by atoms with Crippen molar-refractivity contribution in [2.75, 3.05) is 19.6 Å². The Bertz CT molecular complexity index is 177. The lowest BCUT2D eigenvalue weighted by atomic mass is 9.99. The number of hydrogen-bond acceptors (Lipinski definition) is 3. The zero-order valence-electron chi connectivity index (χ0n) is 8.75. The molecule has 0 aromatic rings. The van der Waals surface area contributed by atoms with Gasteiger partial charge in [0.1, 0.15) is 0 Å². The average molecular weight is 200 g/mol. The van der Waals surface area contributed by atoms with E-state index < -0.39 is 0 Å². The predicted molar refractivity (Wildman–Crippen MR) is 54.9 cm³/mol. The van der Waals surface area contributed by atoms with Crippen LogP contribution in [-0.2, 0) is 4.79 Å². The molecule has 1 saturated heterocycles. The standard InChI is InChI=1S/C10H20N2O2/c1-8(13)4-6-12-10(14)9-3-2-5-11-7-9/h8-9,11,13H,2-7H2,1H3,(H,12,14)/t8?,9-/m0/s1. The molecule has 0 radical (unpaired) electrons. The molecule has 14 heavy (non-hydrogen) atoms. The highest BCUT2D eigenvalue weighted by molar-refractivity contribution is 5.78. The molecule has 4 nitrogen and oxygen atoms in total. The number of rotatable bonds is 4. The van der Waals surface area contributed by atoms with Crippen LogP contribution in [0.4, 0.5) is 0 Å². The number of nitrogens with one attached hydrogen (secondary N) is 2. The van der Waals surface area contributed by atoms with Gasteiger partial charge in [-0.2, -0.15) is 0 Å². The molecule has 0 bridgehead atoms. The summed E-state index contributed by atoms with van der Waals surface area (Å²) in [5, 5.41) is 15.1. The Kier molecular flexibility index (Phi) is 4.90. The minimum absolute atomic E-state index is 0.123. The molecule has 1 aliphatic heterocycles. The first-order chi connectivity index (χ1) is 6.70. The Morgan fingerprint density at radius 1 is 1.71 bits per heavy atom. The van der Waals surface area contributed by atoms with Crippen LogP contribution in [0.2, 0.25) is 0 Å². The summed E-state index contributed by atoms with van der Waals surface area (Å²) < 4.78 is 0. The van der Waals surface area contributed by atoms with E-state index in [9.17, 15) is 4.79 Å². The Hall–Kier alpha value is -0.610. The molecule has 3 N–H and O–H groups in total. The van der Waals surface area contributed by atoms with Crippen LogP contribution in [0.3, 0.4) is 0 Å². The number of amides is 1. The molecule has 0 aromatic heterocycles. The van der Waals surface area contributed by atoms with Crippen LogP contribution in [0, 0.1) is 5.92 Å². The molecule has 82 valence electrons. The van der Waals surface area contributed by atoms with Crippen molar-refractivity contribution in [3.05, 3.63) is 0 Å². The summed E-state index contributed by atoms with van der Waals surface area (Å²) in [5.41, 5.74) is 0. The molecule has 1 fully saturated rings. The van der Waals surface area contributed by atoms with E-state index in [1.54, 1.807) is 6.92 Å². The zero-order valence-corrected chi connectivity index (χ0v) is 8.75. The number of aliphatic hydroxyl groups excluding tert-OH is 1. The number of aliphatic hydroxyl groups is 1. The molecule has 0 saturated carbocycles. The SMILES string of the molecule is CC(O)CCNC(=O)[C@H]1CCCNC1. The van der Waals surface area contributed by atoms with Gasteiger partial charge in [-0.25, -0.2) is 0 Å². The normalized spacial score (nSPS) is 24.3. The van der Waals surface area contributed by atoms with Gasteiger partial charge in [0, 0.05) is 13.1 Å². The molecule has 1 amide bonds. The van der Waals surface area contributed by atoms with Crippen molar-refractivity contribution in [3.8, 4) is 0 Å². The summed E-state index contributed by atoms with van der Waals surface area (Å²) >= 11 is 0. The molecule has 4 heteroatoms. The smallest absolute Gasteiger partial charge is 0.224 e. The number of carbonyl (C=O) groups is 1. The van der Waals surface area contributed by atoms with E-state index in [1.165, 1.54) is 0 Å². The minimum Gasteiger partial charge on any atom is -0.393 e. The highest BCUT2D eigenvalue weighted by atomic mass is 16.3. The van der Waals surface area contributed by atoms with Gasteiger partial charge < -0.3 is 15.7 Å². The van der Waals surface area contributed by atoms with E-state index in [-0.39, 0.29) is 17.9 Å². The van der Waals surface area contributed by atoms with Crippen molar-refractivity contribution in [3.63, 3.8) is 0 Å². The number of carbonyl (C=O) groups excluding carboxylic acids is 1. The maximum absolute atomic E-state index is 11.5. The second-order valence-electron chi connectivity index (χ2n) is 3.97. The Morgan fingerprint density at radius 3 is 3.07 bits per heavy atom. The summed E-state index contributed by atoms with van der Waals surface area (Å²) in [6.45, 7) is 4.12. The van der Waals surface area contributed by atoms with Crippen LogP contribution in [0.25, 0.3) is 0 Å². The number of piperidine rings is 1. The largest absolute Gasteiger partial charge is 0.393 e. The first-order valence-electron chi connectivity index (χ1n) is 5.36. The first kappa shape index (κ1) is 11.5. The minimum atomic E-state index is -0.334. The summed E-state index contributed by atoms with van der Waals surface area (Å²) in [5.74, 6) is 0.246. The van der Waals surface area contributed by atoms with Crippen molar-refractivity contribution in [1.29, 1.82) is 0 Å². The third-order valence-electron chi connectivity index (χ3n) is 2.53. The quantitative estimate of drug-likeness (QED) is 0.592. The van der Waals surface area contributed by atoms with Crippen LogP contribution in [0.5, 0.6) is 0 Å². The molecular formula is C10H20N2O2. The zero-order chi connectivity index (χ0) is 10.4. The molecule has 1 rings (SSSR count). The van der Waals surface area contributed by atoms with Crippen LogP contribution in [0.1, 0.15) is 26.2 Å². The van der Waals surface area contributed by atoms with Crippen LogP contribution >= 0.6 is 0 Å². The monoisotopic (exact) mass is 200 g/mol. The van der Waals surface area contributed by atoms with Crippen molar-refractivity contribution < 1.29 is 9.90 Å². The van der Waals surface area contributed by atoms with Crippen LogP contribution in [0.15, 0.2) is 0 Å². The first-order valence-corrected chi connectivity index (χ1v) is 5.36. The second-order valence-corrected chi connectivity index (χ2v) is 3.97. The predicted octanol–water partition coefficient (Wildman–Crippen LogP) is -0.127. The fourth-order valence-electron chi connectivity index (χ4n) is 1.62. The maximum Gasteiger partial charge on any atom is 0.224 e.